The molecular formula is C11H14Cl3N3. The van der Waals surface area contributed by atoms with Crippen molar-refractivity contribution in [1.29, 1.82) is 0 Å². The van der Waals surface area contributed by atoms with Crippen LogP contribution < -0.4 is 11.1 Å². The maximum atomic E-state index is 6.01. The van der Waals surface area contributed by atoms with Crippen molar-refractivity contribution < 1.29 is 0 Å². The quantitative estimate of drug-likeness (QED) is 0.603. The highest BCUT2D eigenvalue weighted by atomic mass is 35.5. The first-order chi connectivity index (χ1) is 7.69. The van der Waals surface area contributed by atoms with E-state index < -0.39 is 0 Å². The minimum Gasteiger partial charge on any atom is -0.370 e. The fourth-order valence-corrected chi connectivity index (χ4v) is 2.09. The molecule has 6 heteroatoms. The fraction of sp³-hybridized carbons (Fsp3) is 0.364. The molecule has 0 aliphatic carbocycles. The second-order valence-electron chi connectivity index (χ2n) is 4.54. The van der Waals surface area contributed by atoms with Gasteiger partial charge in [0.2, 0.25) is 0 Å². The van der Waals surface area contributed by atoms with Gasteiger partial charge in [-0.2, -0.15) is 0 Å². The zero-order valence-electron chi connectivity index (χ0n) is 9.81. The molecule has 0 aliphatic rings. The minimum atomic E-state index is -0.275. The standard InChI is InChI=1S/C11H14Cl3N3/c1-11(2,3)17-10(15)16-9-7(13)4-6(12)5-8(9)14/h4-5H,1-3H3,(H3,15,16,17). The van der Waals surface area contributed by atoms with Gasteiger partial charge < -0.3 is 11.1 Å². The Hall–Kier alpha value is -0.640. The van der Waals surface area contributed by atoms with Gasteiger partial charge in [-0.3, -0.25) is 0 Å². The number of hydrogen-bond acceptors (Lipinski definition) is 1. The van der Waals surface area contributed by atoms with Crippen molar-refractivity contribution in [3.8, 4) is 0 Å². The van der Waals surface area contributed by atoms with E-state index in [1.165, 1.54) is 0 Å². The van der Waals surface area contributed by atoms with Crippen LogP contribution in [0, 0.1) is 0 Å². The van der Waals surface area contributed by atoms with E-state index in [4.69, 9.17) is 40.5 Å². The van der Waals surface area contributed by atoms with E-state index in [-0.39, 0.29) is 11.5 Å². The molecule has 0 saturated heterocycles. The van der Waals surface area contributed by atoms with Crippen LogP contribution in [0.3, 0.4) is 0 Å². The molecule has 1 aromatic carbocycles. The Kier molecular flexibility index (Phi) is 4.53. The van der Waals surface area contributed by atoms with Gasteiger partial charge >= 0.3 is 0 Å². The van der Waals surface area contributed by atoms with Crippen molar-refractivity contribution in [2.24, 2.45) is 10.7 Å². The van der Waals surface area contributed by atoms with Crippen LogP contribution in [0.5, 0.6) is 0 Å². The Balaban J connectivity index is 3.01. The second kappa shape index (κ2) is 5.34. The largest absolute Gasteiger partial charge is 0.370 e. The van der Waals surface area contributed by atoms with Gasteiger partial charge in [-0.1, -0.05) is 34.8 Å². The van der Waals surface area contributed by atoms with E-state index in [9.17, 15) is 0 Å². The van der Waals surface area contributed by atoms with Gasteiger partial charge in [0.25, 0.3) is 0 Å². The van der Waals surface area contributed by atoms with Crippen LogP contribution >= 0.6 is 34.8 Å². The van der Waals surface area contributed by atoms with Crippen LogP contribution in [0.1, 0.15) is 20.8 Å². The number of nitrogens with one attached hydrogen (secondary N) is 1. The number of halogens is 3. The zero-order valence-corrected chi connectivity index (χ0v) is 12.1. The molecule has 0 radical (unpaired) electrons. The van der Waals surface area contributed by atoms with Crippen molar-refractivity contribution in [3.63, 3.8) is 0 Å². The molecule has 0 amide bonds. The van der Waals surface area contributed by atoms with Crippen LogP contribution in [0.4, 0.5) is 5.69 Å². The van der Waals surface area contributed by atoms with Crippen molar-refractivity contribution in [2.45, 2.75) is 26.3 Å². The van der Waals surface area contributed by atoms with Gasteiger partial charge in [-0.15, -0.1) is 0 Å². The van der Waals surface area contributed by atoms with E-state index in [2.05, 4.69) is 10.3 Å². The summed E-state index contributed by atoms with van der Waals surface area (Å²) >= 11 is 17.8. The molecule has 17 heavy (non-hydrogen) atoms. The molecular weight excluding hydrogens is 281 g/mol. The predicted molar refractivity (Wildman–Crippen MR) is 76.5 cm³/mol. The summed E-state index contributed by atoms with van der Waals surface area (Å²) in [5.41, 5.74) is 5.98. The lowest BCUT2D eigenvalue weighted by Crippen LogP contribution is -2.27. The number of rotatable bonds is 1. The van der Waals surface area contributed by atoms with Crippen LogP contribution in [-0.4, -0.2) is 11.5 Å². The highest BCUT2D eigenvalue weighted by molar-refractivity contribution is 6.42. The van der Waals surface area contributed by atoms with Crippen molar-refractivity contribution >= 4 is 46.4 Å². The van der Waals surface area contributed by atoms with Gasteiger partial charge in [0.15, 0.2) is 5.96 Å². The molecule has 94 valence electrons. The first kappa shape index (κ1) is 14.4. The third-order valence-electron chi connectivity index (χ3n) is 1.72. The summed E-state index contributed by atoms with van der Waals surface area (Å²) in [6, 6.07) is 3.17. The molecule has 0 fully saturated rings. The number of nitrogens with two attached hydrogens (primary N) is 1. The SMILES string of the molecule is CC(C)(C)N=C(N)Nc1c(Cl)cc(Cl)cc1Cl. The van der Waals surface area contributed by atoms with Crippen LogP contribution in [0.25, 0.3) is 0 Å². The lowest BCUT2D eigenvalue weighted by Gasteiger charge is -2.16. The third-order valence-corrected chi connectivity index (χ3v) is 2.53. The van der Waals surface area contributed by atoms with Crippen LogP contribution in [0.2, 0.25) is 15.1 Å². The number of anilines is 1. The fourth-order valence-electron chi connectivity index (χ4n) is 1.18. The summed E-state index contributed by atoms with van der Waals surface area (Å²) in [6.45, 7) is 5.81. The predicted octanol–water partition coefficient (Wildman–Crippen LogP) is 4.17. The highest BCUT2D eigenvalue weighted by Crippen LogP contribution is 2.33. The van der Waals surface area contributed by atoms with Gasteiger partial charge in [0.05, 0.1) is 21.3 Å². The van der Waals surface area contributed by atoms with E-state index in [0.29, 0.717) is 20.8 Å². The van der Waals surface area contributed by atoms with Gasteiger partial charge in [-0.05, 0) is 32.9 Å². The molecule has 1 aromatic rings. The maximum absolute atomic E-state index is 6.01. The number of nitrogens with zero attached hydrogens (tertiary/aromatic N) is 1. The molecule has 1 rings (SSSR count). The first-order valence-corrected chi connectivity index (χ1v) is 6.09. The number of hydrogen-bond donors (Lipinski definition) is 2. The summed E-state index contributed by atoms with van der Waals surface area (Å²) in [5, 5.41) is 4.13. The second-order valence-corrected chi connectivity index (χ2v) is 5.79. The first-order valence-electron chi connectivity index (χ1n) is 4.96. The summed E-state index contributed by atoms with van der Waals surface area (Å²) in [4.78, 5) is 4.24. The van der Waals surface area contributed by atoms with Gasteiger partial charge in [-0.25, -0.2) is 4.99 Å². The Labute approximate surface area is 116 Å². The Morgan fingerprint density at radius 1 is 1.18 bits per heavy atom. The molecule has 0 aliphatic heterocycles. The van der Waals surface area contributed by atoms with Gasteiger partial charge in [0, 0.05) is 5.02 Å². The lowest BCUT2D eigenvalue weighted by atomic mass is 10.1. The summed E-state index contributed by atoms with van der Waals surface area (Å²) in [6.07, 6.45) is 0. The maximum Gasteiger partial charge on any atom is 0.193 e. The van der Waals surface area contributed by atoms with E-state index in [0.717, 1.165) is 0 Å². The zero-order chi connectivity index (χ0) is 13.2. The Bertz CT molecular complexity index is 427. The minimum absolute atomic E-state index is 0.253. The Morgan fingerprint density at radius 3 is 2.06 bits per heavy atom. The summed E-state index contributed by atoms with van der Waals surface area (Å²) < 4.78 is 0. The highest BCUT2D eigenvalue weighted by Gasteiger charge is 2.11. The van der Waals surface area contributed by atoms with Crippen LogP contribution in [0.15, 0.2) is 17.1 Å². The average Bonchev–Trinajstić information content (AvgIpc) is 2.08. The molecule has 3 N–H and O–H groups in total. The van der Waals surface area contributed by atoms with Crippen molar-refractivity contribution in [1.82, 2.24) is 0 Å². The molecule has 0 bridgehead atoms. The molecule has 3 nitrogen and oxygen atoms in total. The average molecular weight is 295 g/mol. The molecule has 0 saturated carbocycles. The van der Waals surface area contributed by atoms with Gasteiger partial charge in [0.1, 0.15) is 0 Å². The molecule has 0 spiro atoms. The van der Waals surface area contributed by atoms with Crippen molar-refractivity contribution in [3.05, 3.63) is 27.2 Å². The topological polar surface area (TPSA) is 50.4 Å². The number of guanidine groups is 1. The smallest absolute Gasteiger partial charge is 0.193 e. The molecule has 0 unspecified atom stereocenters. The number of benzene rings is 1. The van der Waals surface area contributed by atoms with E-state index in [1.54, 1.807) is 12.1 Å². The summed E-state index contributed by atoms with van der Waals surface area (Å²) in [5.74, 6) is 0.253. The molecule has 0 atom stereocenters. The third kappa shape index (κ3) is 4.62. The van der Waals surface area contributed by atoms with E-state index >= 15 is 0 Å². The number of aliphatic imine (C=N–C) groups is 1. The normalized spacial score (nSPS) is 12.7. The van der Waals surface area contributed by atoms with Crippen LogP contribution in [-0.2, 0) is 0 Å². The lowest BCUT2D eigenvalue weighted by molar-refractivity contribution is 0.583. The monoisotopic (exact) mass is 293 g/mol. The molecule has 0 aromatic heterocycles. The Morgan fingerprint density at radius 2 is 1.65 bits per heavy atom. The summed E-state index contributed by atoms with van der Waals surface area (Å²) in [7, 11) is 0. The van der Waals surface area contributed by atoms with E-state index in [1.807, 2.05) is 20.8 Å². The van der Waals surface area contributed by atoms with Crippen molar-refractivity contribution in [2.75, 3.05) is 5.32 Å². The molecule has 0 heterocycles.